The third kappa shape index (κ3) is 0.886. The lowest BCUT2D eigenvalue weighted by atomic mass is 9.77. The van der Waals surface area contributed by atoms with E-state index in [2.05, 4.69) is 5.32 Å². The molecule has 12 heavy (non-hydrogen) atoms. The maximum Gasteiger partial charge on any atom is 0.220 e. The molecule has 1 amide bonds. The number of carbonyl (C=O) groups excluding carboxylic acids is 2. The summed E-state index contributed by atoms with van der Waals surface area (Å²) in [6, 6.07) is 0.117. The van der Waals surface area contributed by atoms with Gasteiger partial charge in [0, 0.05) is 24.3 Å². The van der Waals surface area contributed by atoms with Gasteiger partial charge in [-0.2, -0.15) is 0 Å². The first-order valence-electron chi connectivity index (χ1n) is 4.45. The summed E-state index contributed by atoms with van der Waals surface area (Å²) in [6.45, 7) is 1.98. The quantitative estimate of drug-likeness (QED) is 0.575. The van der Waals surface area contributed by atoms with Crippen LogP contribution >= 0.6 is 0 Å². The van der Waals surface area contributed by atoms with E-state index in [0.717, 1.165) is 12.8 Å². The minimum Gasteiger partial charge on any atom is -0.352 e. The Labute approximate surface area is 71.5 Å². The Morgan fingerprint density at radius 3 is 2.92 bits per heavy atom. The largest absolute Gasteiger partial charge is 0.352 e. The van der Waals surface area contributed by atoms with Crippen molar-refractivity contribution in [3.05, 3.63) is 0 Å². The van der Waals surface area contributed by atoms with Crippen LogP contribution in [0.25, 0.3) is 0 Å². The van der Waals surface area contributed by atoms with Crippen LogP contribution in [0.15, 0.2) is 0 Å². The molecular weight excluding hydrogens is 154 g/mol. The highest BCUT2D eigenvalue weighted by atomic mass is 16.2. The van der Waals surface area contributed by atoms with Crippen LogP contribution in [0.3, 0.4) is 0 Å². The average Bonchev–Trinajstić information content (AvgIpc) is 2.31. The standard InChI is InChI=1S/C9H13NO2/c1-9-5-4-8(12)10-6(9)2-3-7(9)11/h6H,2-5H2,1H3,(H,10,12)/t6-,9-/m1/s1. The fourth-order valence-corrected chi connectivity index (χ4v) is 2.26. The SMILES string of the molecule is C[C@@]12CCC(=O)N[C@@H]1CCC2=O. The van der Waals surface area contributed by atoms with Crippen molar-refractivity contribution < 1.29 is 9.59 Å². The van der Waals surface area contributed by atoms with Crippen LogP contribution in [0, 0.1) is 5.41 Å². The second-order valence-corrected chi connectivity index (χ2v) is 4.00. The lowest BCUT2D eigenvalue weighted by molar-refractivity contribution is -0.131. The van der Waals surface area contributed by atoms with Gasteiger partial charge in [0.1, 0.15) is 5.78 Å². The molecule has 2 atom stereocenters. The first-order chi connectivity index (χ1) is 5.63. The molecule has 2 aliphatic rings. The van der Waals surface area contributed by atoms with Crippen LogP contribution in [0.2, 0.25) is 0 Å². The molecule has 1 aliphatic carbocycles. The van der Waals surface area contributed by atoms with Gasteiger partial charge in [-0.1, -0.05) is 6.92 Å². The Balaban J connectivity index is 2.24. The highest BCUT2D eigenvalue weighted by Crippen LogP contribution is 2.40. The van der Waals surface area contributed by atoms with E-state index in [0.29, 0.717) is 18.6 Å². The van der Waals surface area contributed by atoms with E-state index in [1.54, 1.807) is 0 Å². The van der Waals surface area contributed by atoms with Crippen molar-refractivity contribution in [1.82, 2.24) is 5.32 Å². The Morgan fingerprint density at radius 1 is 1.42 bits per heavy atom. The number of ketones is 1. The molecule has 2 fully saturated rings. The van der Waals surface area contributed by atoms with Crippen molar-refractivity contribution in [2.75, 3.05) is 0 Å². The summed E-state index contributed by atoms with van der Waals surface area (Å²) in [4.78, 5) is 22.5. The van der Waals surface area contributed by atoms with Gasteiger partial charge in [0.25, 0.3) is 0 Å². The van der Waals surface area contributed by atoms with Gasteiger partial charge in [0.15, 0.2) is 0 Å². The molecule has 0 aromatic heterocycles. The molecular formula is C9H13NO2. The van der Waals surface area contributed by atoms with Crippen molar-refractivity contribution in [2.24, 2.45) is 5.41 Å². The van der Waals surface area contributed by atoms with Crippen LogP contribution < -0.4 is 5.32 Å². The molecule has 1 saturated carbocycles. The van der Waals surface area contributed by atoms with Gasteiger partial charge in [0.05, 0.1) is 0 Å². The third-order valence-corrected chi connectivity index (χ3v) is 3.27. The zero-order valence-electron chi connectivity index (χ0n) is 7.22. The predicted octanol–water partition coefficient (Wildman–Crippen LogP) is 0.634. The smallest absolute Gasteiger partial charge is 0.220 e. The average molecular weight is 167 g/mol. The van der Waals surface area contributed by atoms with Crippen molar-refractivity contribution in [1.29, 1.82) is 0 Å². The Hall–Kier alpha value is -0.860. The van der Waals surface area contributed by atoms with Crippen molar-refractivity contribution in [2.45, 2.75) is 38.6 Å². The number of Topliss-reactive ketones (excluding diaryl/α,β-unsaturated/α-hetero) is 1. The van der Waals surface area contributed by atoms with E-state index >= 15 is 0 Å². The second kappa shape index (κ2) is 2.31. The van der Waals surface area contributed by atoms with Crippen molar-refractivity contribution in [3.8, 4) is 0 Å². The van der Waals surface area contributed by atoms with E-state index in [1.807, 2.05) is 6.92 Å². The summed E-state index contributed by atoms with van der Waals surface area (Å²) in [7, 11) is 0. The third-order valence-electron chi connectivity index (χ3n) is 3.27. The number of fused-ring (bicyclic) bond motifs is 1. The van der Waals surface area contributed by atoms with Gasteiger partial charge in [0.2, 0.25) is 5.91 Å². The topological polar surface area (TPSA) is 46.2 Å². The van der Waals surface area contributed by atoms with Crippen LogP contribution in [0.4, 0.5) is 0 Å². The van der Waals surface area contributed by atoms with Gasteiger partial charge < -0.3 is 5.32 Å². The molecule has 1 saturated heterocycles. The molecule has 3 heteroatoms. The maximum absolute atomic E-state index is 11.5. The molecule has 0 spiro atoms. The number of amides is 1. The molecule has 0 aromatic rings. The first-order valence-corrected chi connectivity index (χ1v) is 4.45. The number of rotatable bonds is 0. The molecule has 66 valence electrons. The van der Waals surface area contributed by atoms with E-state index < -0.39 is 0 Å². The molecule has 0 bridgehead atoms. The zero-order valence-corrected chi connectivity index (χ0v) is 7.22. The molecule has 0 unspecified atom stereocenters. The van der Waals surface area contributed by atoms with Gasteiger partial charge in [-0.05, 0) is 12.8 Å². The normalized spacial score (nSPS) is 40.9. The number of piperidine rings is 1. The Kier molecular flexibility index (Phi) is 1.50. The summed E-state index contributed by atoms with van der Waals surface area (Å²) in [5, 5.41) is 2.89. The van der Waals surface area contributed by atoms with Crippen LogP contribution in [-0.4, -0.2) is 17.7 Å². The molecule has 0 aromatic carbocycles. The summed E-state index contributed by atoms with van der Waals surface area (Å²) in [6.07, 6.45) is 2.73. The Morgan fingerprint density at radius 2 is 2.17 bits per heavy atom. The summed E-state index contributed by atoms with van der Waals surface area (Å²) < 4.78 is 0. The number of nitrogens with one attached hydrogen (secondary N) is 1. The number of hydrogen-bond acceptors (Lipinski definition) is 2. The van der Waals surface area contributed by atoms with E-state index in [-0.39, 0.29) is 17.4 Å². The van der Waals surface area contributed by atoms with Crippen LogP contribution in [-0.2, 0) is 9.59 Å². The fourth-order valence-electron chi connectivity index (χ4n) is 2.26. The van der Waals surface area contributed by atoms with Crippen molar-refractivity contribution in [3.63, 3.8) is 0 Å². The van der Waals surface area contributed by atoms with Gasteiger partial charge in [-0.25, -0.2) is 0 Å². The molecule has 3 nitrogen and oxygen atoms in total. The fraction of sp³-hybridized carbons (Fsp3) is 0.778. The van der Waals surface area contributed by atoms with E-state index in [4.69, 9.17) is 0 Å². The minimum atomic E-state index is -0.242. The Bertz CT molecular complexity index is 249. The minimum absolute atomic E-state index is 0.104. The monoisotopic (exact) mass is 167 g/mol. The zero-order chi connectivity index (χ0) is 8.77. The van der Waals surface area contributed by atoms with Crippen molar-refractivity contribution >= 4 is 11.7 Å². The van der Waals surface area contributed by atoms with E-state index in [9.17, 15) is 9.59 Å². The lowest BCUT2D eigenvalue weighted by Crippen LogP contribution is -2.50. The maximum atomic E-state index is 11.5. The molecule has 2 rings (SSSR count). The number of carbonyl (C=O) groups is 2. The summed E-state index contributed by atoms with van der Waals surface area (Å²) in [5.74, 6) is 0.430. The van der Waals surface area contributed by atoms with Gasteiger partial charge in [-0.15, -0.1) is 0 Å². The van der Waals surface area contributed by atoms with Gasteiger partial charge >= 0.3 is 0 Å². The predicted molar refractivity (Wildman–Crippen MR) is 43.5 cm³/mol. The lowest BCUT2D eigenvalue weighted by Gasteiger charge is -2.34. The van der Waals surface area contributed by atoms with Crippen LogP contribution in [0.5, 0.6) is 0 Å². The first kappa shape index (κ1) is 7.77. The molecule has 1 N–H and O–H groups in total. The summed E-state index contributed by atoms with van der Waals surface area (Å²) >= 11 is 0. The van der Waals surface area contributed by atoms with Gasteiger partial charge in [-0.3, -0.25) is 9.59 Å². The van der Waals surface area contributed by atoms with E-state index in [1.165, 1.54) is 0 Å². The molecule has 0 radical (unpaired) electrons. The number of hydrogen-bond donors (Lipinski definition) is 1. The highest BCUT2D eigenvalue weighted by Gasteiger charge is 2.48. The molecule has 1 heterocycles. The molecule has 1 aliphatic heterocycles. The second-order valence-electron chi connectivity index (χ2n) is 4.00. The highest BCUT2D eigenvalue weighted by molar-refractivity contribution is 5.91. The summed E-state index contributed by atoms with van der Waals surface area (Å²) in [5.41, 5.74) is -0.242. The van der Waals surface area contributed by atoms with Crippen LogP contribution in [0.1, 0.15) is 32.6 Å².